The van der Waals surface area contributed by atoms with E-state index >= 15 is 0 Å². The molecule has 1 aromatic carbocycles. The van der Waals surface area contributed by atoms with E-state index in [1.54, 1.807) is 6.20 Å². The van der Waals surface area contributed by atoms with E-state index in [-0.39, 0.29) is 0 Å². The predicted octanol–water partition coefficient (Wildman–Crippen LogP) is 4.09. The van der Waals surface area contributed by atoms with Crippen molar-refractivity contribution in [1.29, 1.82) is 0 Å². The van der Waals surface area contributed by atoms with Crippen LogP contribution in [0.1, 0.15) is 49.3 Å². The first kappa shape index (κ1) is 20.1. The van der Waals surface area contributed by atoms with E-state index in [1.807, 2.05) is 12.3 Å². The summed E-state index contributed by atoms with van der Waals surface area (Å²) in [5, 5.41) is 0. The van der Waals surface area contributed by atoms with Gasteiger partial charge in [0.05, 0.1) is 0 Å². The molecule has 1 aromatic heterocycles. The fraction of sp³-hybridized carbons (Fsp3) is 0.520. The molecule has 0 aliphatic carbocycles. The summed E-state index contributed by atoms with van der Waals surface area (Å²) in [7, 11) is 0. The van der Waals surface area contributed by atoms with Crippen LogP contribution in [0.2, 0.25) is 0 Å². The van der Waals surface area contributed by atoms with E-state index in [0.717, 1.165) is 52.0 Å². The van der Waals surface area contributed by atoms with Gasteiger partial charge in [-0.3, -0.25) is 14.7 Å². The summed E-state index contributed by atoms with van der Waals surface area (Å²) in [5.74, 6) is 0.331. The summed E-state index contributed by atoms with van der Waals surface area (Å²) < 4.78 is 0. The molecular formula is C25H33N3O. The molecule has 2 saturated heterocycles. The summed E-state index contributed by atoms with van der Waals surface area (Å²) in [4.78, 5) is 21.4. The van der Waals surface area contributed by atoms with Crippen LogP contribution in [-0.4, -0.2) is 46.9 Å². The van der Waals surface area contributed by atoms with E-state index in [1.165, 1.54) is 29.5 Å². The summed E-state index contributed by atoms with van der Waals surface area (Å²) in [6.45, 7) is 7.28. The van der Waals surface area contributed by atoms with Gasteiger partial charge < -0.3 is 4.90 Å². The lowest BCUT2D eigenvalue weighted by molar-refractivity contribution is -0.139. The zero-order valence-corrected chi connectivity index (χ0v) is 17.6. The molecule has 2 aliphatic heterocycles. The molecular weight excluding hydrogens is 358 g/mol. The number of carbonyl (C=O) groups is 1. The third-order valence-electron chi connectivity index (χ3n) is 6.90. The number of carbonyl (C=O) groups excluding carboxylic acids is 1. The van der Waals surface area contributed by atoms with Crippen molar-refractivity contribution < 1.29 is 4.79 Å². The first-order chi connectivity index (χ1) is 14.2. The van der Waals surface area contributed by atoms with Crippen molar-refractivity contribution in [3.05, 3.63) is 65.5 Å². The largest absolute Gasteiger partial charge is 0.342 e. The topological polar surface area (TPSA) is 36.4 Å². The molecule has 0 bridgehead atoms. The van der Waals surface area contributed by atoms with E-state index in [9.17, 15) is 4.79 Å². The van der Waals surface area contributed by atoms with E-state index < -0.39 is 0 Å². The number of piperidine rings is 2. The number of amides is 1. The van der Waals surface area contributed by atoms with Crippen LogP contribution < -0.4 is 0 Å². The zero-order chi connectivity index (χ0) is 20.1. The minimum absolute atomic E-state index is 0.325. The van der Waals surface area contributed by atoms with Crippen LogP contribution in [-0.2, 0) is 24.2 Å². The maximum atomic E-state index is 12.5. The number of aryl methyl sites for hydroxylation is 1. The predicted molar refractivity (Wildman–Crippen MR) is 117 cm³/mol. The zero-order valence-electron chi connectivity index (χ0n) is 17.6. The normalized spacial score (nSPS) is 19.6. The van der Waals surface area contributed by atoms with Crippen molar-refractivity contribution in [3.8, 4) is 0 Å². The molecule has 0 unspecified atom stereocenters. The van der Waals surface area contributed by atoms with Crippen molar-refractivity contribution in [3.63, 3.8) is 0 Å². The molecule has 0 atom stereocenters. The Hall–Kier alpha value is -2.20. The molecule has 29 heavy (non-hydrogen) atoms. The quantitative estimate of drug-likeness (QED) is 0.744. The monoisotopic (exact) mass is 391 g/mol. The summed E-state index contributed by atoms with van der Waals surface area (Å²) in [6, 6.07) is 13.1. The molecule has 4 nitrogen and oxygen atoms in total. The maximum Gasteiger partial charge on any atom is 0.222 e. The highest BCUT2D eigenvalue weighted by atomic mass is 16.2. The van der Waals surface area contributed by atoms with Crippen LogP contribution in [0.5, 0.6) is 0 Å². The van der Waals surface area contributed by atoms with Gasteiger partial charge in [-0.05, 0) is 73.4 Å². The van der Waals surface area contributed by atoms with Crippen LogP contribution >= 0.6 is 0 Å². The van der Waals surface area contributed by atoms with Gasteiger partial charge in [0.15, 0.2) is 0 Å². The van der Waals surface area contributed by atoms with Gasteiger partial charge in [0.25, 0.3) is 0 Å². The number of hydrogen-bond donors (Lipinski definition) is 0. The minimum atomic E-state index is 0.325. The van der Waals surface area contributed by atoms with E-state index in [0.29, 0.717) is 17.7 Å². The van der Waals surface area contributed by atoms with Gasteiger partial charge in [0.1, 0.15) is 0 Å². The Labute approximate surface area is 174 Å². The van der Waals surface area contributed by atoms with E-state index in [2.05, 4.69) is 52.0 Å². The molecule has 2 fully saturated rings. The lowest BCUT2D eigenvalue weighted by Gasteiger charge is -2.47. The molecule has 2 aliphatic rings. The van der Waals surface area contributed by atoms with Crippen molar-refractivity contribution >= 4 is 5.91 Å². The third-order valence-corrected chi connectivity index (χ3v) is 6.90. The average molecular weight is 392 g/mol. The number of pyridine rings is 1. The van der Waals surface area contributed by atoms with Crippen LogP contribution in [0.15, 0.2) is 48.8 Å². The molecule has 154 valence electrons. The number of aromatic nitrogens is 1. The molecule has 0 N–H and O–H groups in total. The van der Waals surface area contributed by atoms with E-state index in [4.69, 9.17) is 0 Å². The summed E-state index contributed by atoms with van der Waals surface area (Å²) in [6.07, 6.45) is 9.90. The maximum absolute atomic E-state index is 12.5. The van der Waals surface area contributed by atoms with Crippen LogP contribution in [0.4, 0.5) is 0 Å². The highest BCUT2D eigenvalue weighted by Gasteiger charge is 2.40. The number of likely N-dealkylation sites (tertiary alicyclic amines) is 2. The van der Waals surface area contributed by atoms with Crippen LogP contribution in [0.3, 0.4) is 0 Å². The second kappa shape index (κ2) is 9.08. The van der Waals surface area contributed by atoms with Crippen molar-refractivity contribution in [1.82, 2.24) is 14.8 Å². The molecule has 1 amide bonds. The fourth-order valence-corrected chi connectivity index (χ4v) is 4.85. The molecule has 4 rings (SSSR count). The Morgan fingerprint density at radius 3 is 2.45 bits per heavy atom. The SMILES string of the molecule is CCc1ccc(CN2CCC3(CCC(=O)N(CCc4cccnc4)C3)CC2)cc1. The van der Waals surface area contributed by atoms with Crippen LogP contribution in [0.25, 0.3) is 0 Å². The first-order valence-electron chi connectivity index (χ1n) is 11.1. The third kappa shape index (κ3) is 5.05. The minimum Gasteiger partial charge on any atom is -0.342 e. The Bertz CT molecular complexity index is 795. The Morgan fingerprint density at radius 1 is 1.00 bits per heavy atom. The highest BCUT2D eigenvalue weighted by molar-refractivity contribution is 5.77. The van der Waals surface area contributed by atoms with Crippen molar-refractivity contribution in [2.45, 2.75) is 52.0 Å². The second-order valence-corrected chi connectivity index (χ2v) is 8.87. The molecule has 0 radical (unpaired) electrons. The molecule has 2 aromatic rings. The standard InChI is InChI=1S/C25H33N3O/c1-2-21-5-7-23(8-6-21)19-27-16-12-25(13-17-27)11-9-24(29)28(20-25)15-10-22-4-3-14-26-18-22/h3-8,14,18H,2,9-13,15-17,19-20H2,1H3. The van der Waals surface area contributed by atoms with Crippen molar-refractivity contribution in [2.24, 2.45) is 5.41 Å². The Balaban J connectivity index is 1.30. The molecule has 4 heteroatoms. The molecule has 1 spiro atoms. The first-order valence-corrected chi connectivity index (χ1v) is 11.1. The lowest BCUT2D eigenvalue weighted by atomic mass is 9.72. The van der Waals surface area contributed by atoms with Gasteiger partial charge in [-0.1, -0.05) is 37.3 Å². The fourth-order valence-electron chi connectivity index (χ4n) is 4.85. The lowest BCUT2D eigenvalue weighted by Crippen LogP contribution is -2.51. The Morgan fingerprint density at radius 2 is 1.76 bits per heavy atom. The van der Waals surface area contributed by atoms with Gasteiger partial charge in [0, 0.05) is 38.4 Å². The number of benzene rings is 1. The van der Waals surface area contributed by atoms with Gasteiger partial charge >= 0.3 is 0 Å². The van der Waals surface area contributed by atoms with Gasteiger partial charge in [-0.2, -0.15) is 0 Å². The highest BCUT2D eigenvalue weighted by Crippen LogP contribution is 2.40. The van der Waals surface area contributed by atoms with Gasteiger partial charge in [0.2, 0.25) is 5.91 Å². The Kier molecular flexibility index (Phi) is 6.29. The van der Waals surface area contributed by atoms with Gasteiger partial charge in [-0.25, -0.2) is 0 Å². The molecule has 0 saturated carbocycles. The summed E-state index contributed by atoms with van der Waals surface area (Å²) >= 11 is 0. The number of rotatable bonds is 6. The number of hydrogen-bond acceptors (Lipinski definition) is 3. The van der Waals surface area contributed by atoms with Gasteiger partial charge in [-0.15, -0.1) is 0 Å². The molecule has 3 heterocycles. The number of nitrogens with zero attached hydrogens (tertiary/aromatic N) is 3. The van der Waals surface area contributed by atoms with Crippen LogP contribution in [0, 0.1) is 5.41 Å². The smallest absolute Gasteiger partial charge is 0.222 e. The summed E-state index contributed by atoms with van der Waals surface area (Å²) in [5.41, 5.74) is 4.36. The second-order valence-electron chi connectivity index (χ2n) is 8.87. The average Bonchev–Trinajstić information content (AvgIpc) is 2.77. The van der Waals surface area contributed by atoms with Crippen molar-refractivity contribution in [2.75, 3.05) is 26.2 Å².